The number of amidine groups is 1. The fraction of sp³-hybridized carbons (Fsp3) is 0.688. The number of likely N-dealkylation sites (tertiary alicyclic amines) is 1. The van der Waals surface area contributed by atoms with Gasteiger partial charge in [-0.3, -0.25) is 19.4 Å². The summed E-state index contributed by atoms with van der Waals surface area (Å²) in [4.78, 5) is 56.8. The highest BCUT2D eigenvalue weighted by atomic mass is 16.5. The Morgan fingerprint density at radius 2 is 1.91 bits per heavy atom. The van der Waals surface area contributed by atoms with Gasteiger partial charge in [0.15, 0.2) is 11.6 Å². The molecule has 1 atom stereocenters. The molecule has 3 fully saturated rings. The van der Waals surface area contributed by atoms with Gasteiger partial charge in [0.1, 0.15) is 11.5 Å². The Morgan fingerprint density at radius 1 is 1.13 bits per heavy atom. The molecule has 0 spiro atoms. The summed E-state index contributed by atoms with van der Waals surface area (Å²) < 4.78 is 5.62. The van der Waals surface area contributed by atoms with E-state index >= 15 is 0 Å². The van der Waals surface area contributed by atoms with Gasteiger partial charge >= 0.3 is 0 Å². The third-order valence-electron chi connectivity index (χ3n) is 9.03. The normalized spacial score (nSPS) is 22.0. The SMILES string of the molecule is CC.CC1=C(CN2CCC(N3CCN(c4nc(N)c(C(=O)NCCN=O)[nH]c4=O)CC3C)CC2)CC=CC(N2CCCOCC2)=N1. The summed E-state index contributed by atoms with van der Waals surface area (Å²) in [7, 11) is 0. The lowest BCUT2D eigenvalue weighted by Gasteiger charge is -2.46. The lowest BCUT2D eigenvalue weighted by atomic mass is 9.99. The van der Waals surface area contributed by atoms with Crippen molar-refractivity contribution in [2.24, 2.45) is 10.2 Å². The topological polar surface area (TPSA) is 165 Å². The van der Waals surface area contributed by atoms with Crippen LogP contribution in [0.3, 0.4) is 0 Å². The van der Waals surface area contributed by atoms with Crippen molar-refractivity contribution in [3.8, 4) is 0 Å². The Hall–Kier alpha value is -3.62. The van der Waals surface area contributed by atoms with E-state index in [0.717, 1.165) is 89.7 Å². The highest BCUT2D eigenvalue weighted by molar-refractivity contribution is 5.96. The van der Waals surface area contributed by atoms with Crippen molar-refractivity contribution in [1.82, 2.24) is 30.0 Å². The number of aliphatic imine (C=N–C) groups is 1. The quantitative estimate of drug-likeness (QED) is 0.283. The number of rotatable bonds is 8. The van der Waals surface area contributed by atoms with E-state index in [1.165, 1.54) is 5.57 Å². The number of hydrogen-bond donors (Lipinski definition) is 3. The number of aromatic amines is 1. The molecule has 0 bridgehead atoms. The van der Waals surface area contributed by atoms with Crippen LogP contribution in [-0.2, 0) is 4.74 Å². The molecule has 1 aromatic rings. The number of ether oxygens (including phenoxy) is 1. The zero-order valence-corrected chi connectivity index (χ0v) is 28.0. The van der Waals surface area contributed by atoms with Crippen molar-refractivity contribution in [1.29, 1.82) is 0 Å². The van der Waals surface area contributed by atoms with Gasteiger partial charge in [-0.2, -0.15) is 4.91 Å². The number of aromatic nitrogens is 2. The van der Waals surface area contributed by atoms with E-state index in [1.807, 2.05) is 18.7 Å². The van der Waals surface area contributed by atoms with Crippen molar-refractivity contribution in [2.45, 2.75) is 65.5 Å². The molecule has 4 aliphatic rings. The van der Waals surface area contributed by atoms with Gasteiger partial charge < -0.3 is 30.6 Å². The molecule has 0 aliphatic carbocycles. The van der Waals surface area contributed by atoms with Crippen LogP contribution >= 0.6 is 0 Å². The number of hydrogen-bond acceptors (Lipinski definition) is 12. The van der Waals surface area contributed by atoms with Crippen molar-refractivity contribution in [2.75, 3.05) is 89.3 Å². The van der Waals surface area contributed by atoms with Crippen molar-refractivity contribution in [3.05, 3.63) is 44.4 Å². The third-order valence-corrected chi connectivity index (χ3v) is 9.03. The maximum absolute atomic E-state index is 12.9. The van der Waals surface area contributed by atoms with Crippen LogP contribution in [-0.4, -0.2) is 127 Å². The monoisotopic (exact) mass is 640 g/mol. The lowest BCUT2D eigenvalue weighted by Crippen LogP contribution is -2.58. The second-order valence-electron chi connectivity index (χ2n) is 12.0. The van der Waals surface area contributed by atoms with Crippen LogP contribution in [0.15, 0.2) is 38.4 Å². The Morgan fingerprint density at radius 3 is 2.65 bits per heavy atom. The molecular weight excluding hydrogens is 588 g/mol. The Bertz CT molecular complexity index is 1330. The van der Waals surface area contributed by atoms with Gasteiger partial charge in [0.25, 0.3) is 11.5 Å². The smallest absolute Gasteiger partial charge is 0.291 e. The molecule has 1 amide bonds. The van der Waals surface area contributed by atoms with Crippen LogP contribution in [0.5, 0.6) is 0 Å². The predicted octanol–water partition coefficient (Wildman–Crippen LogP) is 2.20. The average Bonchev–Trinajstić information content (AvgIpc) is 3.44. The number of amides is 1. The van der Waals surface area contributed by atoms with Crippen LogP contribution in [0, 0.1) is 4.91 Å². The number of nitrogens with one attached hydrogen (secondary N) is 2. The molecule has 0 radical (unpaired) electrons. The summed E-state index contributed by atoms with van der Waals surface area (Å²) in [5, 5.41) is 5.21. The zero-order valence-electron chi connectivity index (χ0n) is 28.0. The van der Waals surface area contributed by atoms with Crippen molar-refractivity contribution >= 4 is 23.4 Å². The number of anilines is 2. The third kappa shape index (κ3) is 9.01. The van der Waals surface area contributed by atoms with E-state index in [-0.39, 0.29) is 36.5 Å². The number of H-pyrrole nitrogens is 1. The Balaban J connectivity index is 0.00000235. The number of carbonyl (C=O) groups is 1. The minimum Gasteiger partial charge on any atom is -0.382 e. The van der Waals surface area contributed by atoms with E-state index < -0.39 is 11.5 Å². The summed E-state index contributed by atoms with van der Waals surface area (Å²) >= 11 is 0. The molecule has 1 aromatic heterocycles. The van der Waals surface area contributed by atoms with Gasteiger partial charge in [-0.1, -0.05) is 25.1 Å². The van der Waals surface area contributed by atoms with Gasteiger partial charge in [0, 0.05) is 70.2 Å². The Labute approximate surface area is 272 Å². The Kier molecular flexibility index (Phi) is 13.3. The molecule has 4 N–H and O–H groups in total. The van der Waals surface area contributed by atoms with E-state index in [0.29, 0.717) is 19.1 Å². The molecule has 5 heterocycles. The molecule has 14 nitrogen and oxygen atoms in total. The first-order chi connectivity index (χ1) is 22.3. The van der Waals surface area contributed by atoms with E-state index in [9.17, 15) is 14.5 Å². The van der Waals surface area contributed by atoms with Crippen molar-refractivity contribution in [3.63, 3.8) is 0 Å². The fourth-order valence-corrected chi connectivity index (χ4v) is 6.60. The molecule has 4 aliphatic heterocycles. The first kappa shape index (κ1) is 35.2. The second kappa shape index (κ2) is 17.3. The molecular formula is C32H52N10O4. The largest absolute Gasteiger partial charge is 0.382 e. The van der Waals surface area contributed by atoms with Crippen molar-refractivity contribution < 1.29 is 9.53 Å². The highest BCUT2D eigenvalue weighted by Gasteiger charge is 2.33. The van der Waals surface area contributed by atoms with Crippen LogP contribution in [0.4, 0.5) is 11.6 Å². The number of nitrogen functional groups attached to an aromatic ring is 1. The number of nitrogens with two attached hydrogens (primary N) is 1. The second-order valence-corrected chi connectivity index (χ2v) is 12.0. The average molecular weight is 641 g/mol. The van der Waals surface area contributed by atoms with Crippen LogP contribution in [0.2, 0.25) is 0 Å². The van der Waals surface area contributed by atoms with Crippen LogP contribution in [0.25, 0.3) is 0 Å². The van der Waals surface area contributed by atoms with Crippen LogP contribution in [0.1, 0.15) is 63.9 Å². The molecule has 0 saturated carbocycles. The maximum atomic E-state index is 12.9. The van der Waals surface area contributed by atoms with Gasteiger partial charge in [0.05, 0.1) is 13.2 Å². The highest BCUT2D eigenvalue weighted by Crippen LogP contribution is 2.25. The summed E-state index contributed by atoms with van der Waals surface area (Å²) in [6.45, 7) is 16.9. The molecule has 0 aromatic carbocycles. The van der Waals surface area contributed by atoms with Gasteiger partial charge in [0.2, 0.25) is 0 Å². The minimum atomic E-state index is -0.588. The van der Waals surface area contributed by atoms with Gasteiger partial charge in [-0.15, -0.1) is 0 Å². The number of nitrogens with zero attached hydrogens (tertiary/aromatic N) is 7. The lowest BCUT2D eigenvalue weighted by molar-refractivity contribution is 0.0740. The number of nitroso groups, excluding NO2 is 1. The summed E-state index contributed by atoms with van der Waals surface area (Å²) in [5.41, 5.74) is 8.00. The first-order valence-electron chi connectivity index (χ1n) is 16.8. The minimum absolute atomic E-state index is 0.0495. The fourth-order valence-electron chi connectivity index (χ4n) is 6.60. The van der Waals surface area contributed by atoms with E-state index in [4.69, 9.17) is 15.5 Å². The summed E-state index contributed by atoms with van der Waals surface area (Å²) in [6, 6.07) is 0.723. The number of carbonyl (C=O) groups excluding carboxylic acids is 1. The number of piperazine rings is 1. The van der Waals surface area contributed by atoms with Gasteiger partial charge in [-0.25, -0.2) is 9.98 Å². The number of allylic oxidation sites excluding steroid dienone is 2. The van der Waals surface area contributed by atoms with E-state index in [2.05, 4.69) is 61.2 Å². The van der Waals surface area contributed by atoms with Crippen LogP contribution < -0.4 is 21.5 Å². The molecule has 3 saturated heterocycles. The zero-order chi connectivity index (χ0) is 33.1. The summed E-state index contributed by atoms with van der Waals surface area (Å²) in [5.74, 6) is 0.646. The molecule has 5 rings (SSSR count). The molecule has 46 heavy (non-hydrogen) atoms. The first-order valence-corrected chi connectivity index (χ1v) is 16.8. The predicted molar refractivity (Wildman–Crippen MR) is 182 cm³/mol. The molecule has 254 valence electrons. The molecule has 1 unspecified atom stereocenters. The van der Waals surface area contributed by atoms with E-state index in [1.54, 1.807) is 0 Å². The molecule has 14 heteroatoms. The number of piperidine rings is 1. The van der Waals surface area contributed by atoms with Gasteiger partial charge in [-0.05, 0) is 64.3 Å². The summed E-state index contributed by atoms with van der Waals surface area (Å²) in [6.07, 6.45) is 8.60. The maximum Gasteiger partial charge on any atom is 0.291 e. The standard InChI is InChI=1S/C30H46N10O4.C2H6/c1-21-19-39(28-30(42)35-26(27(31)36-28)29(41)32-9-10-33-43)14-15-40(21)24-7-12-37(13-8-24)20-23-5-3-6-25(34-22(23)2)38-11-4-17-44-18-16-38;1-2/h3,6,21,24H,4-5,7-20H2,1-2H3,(H2,31,36)(H,32,41)(H,35,42);1-2H3.